The summed E-state index contributed by atoms with van der Waals surface area (Å²) in [6.45, 7) is 6.57. The first-order valence-electron chi connectivity index (χ1n) is 7.20. The van der Waals surface area contributed by atoms with Crippen molar-refractivity contribution in [2.45, 2.75) is 33.3 Å². The van der Waals surface area contributed by atoms with Crippen molar-refractivity contribution in [1.29, 1.82) is 0 Å². The van der Waals surface area contributed by atoms with E-state index < -0.39 is 11.4 Å². The minimum Gasteiger partial charge on any atom is -0.469 e. The number of carbonyl (C=O) groups is 2. The molecular formula is C14H22N4O4. The molecule has 0 aliphatic carbocycles. The van der Waals surface area contributed by atoms with E-state index in [0.29, 0.717) is 31.3 Å². The largest absolute Gasteiger partial charge is 0.469 e. The maximum atomic E-state index is 12.7. The monoisotopic (exact) mass is 310 g/mol. The quantitative estimate of drug-likeness (QED) is 0.818. The van der Waals surface area contributed by atoms with E-state index in [-0.39, 0.29) is 18.4 Å². The van der Waals surface area contributed by atoms with Crippen LogP contribution >= 0.6 is 0 Å². The number of ether oxygens (including phenoxy) is 2. The number of nitrogens with zero attached hydrogens (tertiary/aromatic N) is 3. The fourth-order valence-electron chi connectivity index (χ4n) is 2.43. The average molecular weight is 310 g/mol. The van der Waals surface area contributed by atoms with Crippen molar-refractivity contribution in [1.82, 2.24) is 20.1 Å². The van der Waals surface area contributed by atoms with E-state index in [4.69, 9.17) is 4.74 Å². The highest BCUT2D eigenvalue weighted by Gasteiger charge is 2.37. The van der Waals surface area contributed by atoms with Crippen molar-refractivity contribution < 1.29 is 19.1 Å². The van der Waals surface area contributed by atoms with Crippen molar-refractivity contribution in [3.63, 3.8) is 0 Å². The zero-order valence-electron chi connectivity index (χ0n) is 13.4. The number of esters is 1. The molecule has 0 spiro atoms. The second-order valence-corrected chi connectivity index (χ2v) is 6.03. The van der Waals surface area contributed by atoms with Gasteiger partial charge in [-0.15, -0.1) is 0 Å². The average Bonchev–Trinajstić information content (AvgIpc) is 2.92. The van der Waals surface area contributed by atoms with Crippen LogP contribution in [0.5, 0.6) is 0 Å². The number of H-pyrrole nitrogens is 1. The molecule has 122 valence electrons. The van der Waals surface area contributed by atoms with E-state index in [1.165, 1.54) is 7.11 Å². The molecule has 0 radical (unpaired) electrons. The van der Waals surface area contributed by atoms with Gasteiger partial charge in [0.2, 0.25) is 5.91 Å². The maximum Gasteiger partial charge on any atom is 0.306 e. The number of aromatic nitrogens is 3. The second-order valence-electron chi connectivity index (χ2n) is 6.03. The molecule has 0 aromatic carbocycles. The van der Waals surface area contributed by atoms with Gasteiger partial charge in [0.15, 0.2) is 5.82 Å². The van der Waals surface area contributed by atoms with Gasteiger partial charge in [0.25, 0.3) is 0 Å². The van der Waals surface area contributed by atoms with Gasteiger partial charge in [-0.2, -0.15) is 5.10 Å². The van der Waals surface area contributed by atoms with Gasteiger partial charge in [0.1, 0.15) is 11.9 Å². The zero-order valence-corrected chi connectivity index (χ0v) is 13.4. The Morgan fingerprint density at radius 3 is 2.82 bits per heavy atom. The van der Waals surface area contributed by atoms with Crippen LogP contribution in [0.15, 0.2) is 0 Å². The lowest BCUT2D eigenvalue weighted by Gasteiger charge is -2.36. The Morgan fingerprint density at radius 2 is 2.23 bits per heavy atom. The third kappa shape index (κ3) is 3.62. The second kappa shape index (κ2) is 6.43. The lowest BCUT2D eigenvalue weighted by Crippen LogP contribution is -2.48. The van der Waals surface area contributed by atoms with Crippen LogP contribution in [0.2, 0.25) is 0 Å². The molecule has 1 aromatic rings. The molecule has 2 heterocycles. The van der Waals surface area contributed by atoms with Crippen LogP contribution in [0, 0.1) is 12.3 Å². The Kier molecular flexibility index (Phi) is 4.80. The fraction of sp³-hybridized carbons (Fsp3) is 0.714. The molecular weight excluding hydrogens is 288 g/mol. The van der Waals surface area contributed by atoms with Crippen molar-refractivity contribution in [2.24, 2.45) is 5.41 Å². The highest BCUT2D eigenvalue weighted by atomic mass is 16.5. The molecule has 1 N–H and O–H groups in total. The van der Waals surface area contributed by atoms with Gasteiger partial charge in [-0.05, 0) is 6.92 Å². The normalized spacial score (nSPS) is 19.1. The summed E-state index contributed by atoms with van der Waals surface area (Å²) in [6.07, 6.45) is -0.305. The Labute approximate surface area is 129 Å². The molecule has 0 saturated carbocycles. The topological polar surface area (TPSA) is 97.4 Å². The Hall–Kier alpha value is -1.96. The summed E-state index contributed by atoms with van der Waals surface area (Å²) >= 11 is 0. The molecule has 8 nitrogen and oxygen atoms in total. The van der Waals surface area contributed by atoms with Crippen LogP contribution in [-0.2, 0) is 19.1 Å². The smallest absolute Gasteiger partial charge is 0.306 e. The minimum absolute atomic E-state index is 0.0458. The van der Waals surface area contributed by atoms with Gasteiger partial charge in [-0.1, -0.05) is 13.8 Å². The number of morpholine rings is 1. The first-order valence-corrected chi connectivity index (χ1v) is 7.20. The number of hydrogen-bond donors (Lipinski definition) is 1. The van der Waals surface area contributed by atoms with E-state index in [9.17, 15) is 9.59 Å². The van der Waals surface area contributed by atoms with E-state index in [0.717, 1.165) is 0 Å². The van der Waals surface area contributed by atoms with E-state index in [1.54, 1.807) is 18.7 Å². The van der Waals surface area contributed by atoms with Gasteiger partial charge in [-0.3, -0.25) is 14.7 Å². The van der Waals surface area contributed by atoms with Crippen LogP contribution < -0.4 is 0 Å². The highest BCUT2D eigenvalue weighted by Crippen LogP contribution is 2.27. The third-order valence-electron chi connectivity index (χ3n) is 3.65. The molecule has 1 aliphatic rings. The van der Waals surface area contributed by atoms with Crippen LogP contribution in [-0.4, -0.2) is 58.8 Å². The maximum absolute atomic E-state index is 12.7. The van der Waals surface area contributed by atoms with Crippen LogP contribution in [0.3, 0.4) is 0 Å². The van der Waals surface area contributed by atoms with Gasteiger partial charge in [-0.25, -0.2) is 4.98 Å². The van der Waals surface area contributed by atoms with Crippen molar-refractivity contribution >= 4 is 11.9 Å². The van der Waals surface area contributed by atoms with E-state index >= 15 is 0 Å². The summed E-state index contributed by atoms with van der Waals surface area (Å²) in [5.41, 5.74) is -0.816. The Bertz CT molecular complexity index is 555. The standard InChI is InChI=1S/C14H22N4O4/c1-9-15-12(17-16-9)10-8-18(5-6-22-10)13(20)14(2,3)7-11(19)21-4/h10H,5-8H2,1-4H3,(H,15,16,17). The Balaban J connectivity index is 2.05. The van der Waals surface area contributed by atoms with Gasteiger partial charge >= 0.3 is 5.97 Å². The predicted molar refractivity (Wildman–Crippen MR) is 76.8 cm³/mol. The summed E-state index contributed by atoms with van der Waals surface area (Å²) in [7, 11) is 1.32. The van der Waals surface area contributed by atoms with Crippen LogP contribution in [0.4, 0.5) is 0 Å². The number of aryl methyl sites for hydroxylation is 1. The number of carbonyl (C=O) groups excluding carboxylic acids is 2. The molecule has 1 amide bonds. The highest BCUT2D eigenvalue weighted by molar-refractivity contribution is 5.86. The summed E-state index contributed by atoms with van der Waals surface area (Å²) in [5.74, 6) is 0.750. The van der Waals surface area contributed by atoms with Gasteiger partial charge in [0.05, 0.1) is 32.1 Å². The molecule has 1 fully saturated rings. The van der Waals surface area contributed by atoms with Crippen LogP contribution in [0.1, 0.15) is 38.0 Å². The summed E-state index contributed by atoms with van der Waals surface area (Å²) in [6, 6.07) is 0. The first kappa shape index (κ1) is 16.4. The molecule has 1 unspecified atom stereocenters. The molecule has 1 atom stereocenters. The number of amides is 1. The van der Waals surface area contributed by atoms with E-state index in [2.05, 4.69) is 19.9 Å². The predicted octanol–water partition coefficient (Wildman–Crippen LogP) is 0.602. The fourth-order valence-corrected chi connectivity index (χ4v) is 2.43. The molecule has 1 aliphatic heterocycles. The number of nitrogens with one attached hydrogen (secondary N) is 1. The van der Waals surface area contributed by atoms with Crippen molar-refractivity contribution in [3.05, 3.63) is 11.6 Å². The SMILES string of the molecule is COC(=O)CC(C)(C)C(=O)N1CCOC(c2n[nH]c(C)n2)C1. The first-order chi connectivity index (χ1) is 10.3. The molecule has 2 rings (SSSR count). The van der Waals surface area contributed by atoms with Crippen LogP contribution in [0.25, 0.3) is 0 Å². The number of methoxy groups -OCH3 is 1. The van der Waals surface area contributed by atoms with Crippen molar-refractivity contribution in [3.8, 4) is 0 Å². The molecule has 1 aromatic heterocycles. The lowest BCUT2D eigenvalue weighted by molar-refractivity contribution is -0.155. The number of rotatable bonds is 4. The third-order valence-corrected chi connectivity index (χ3v) is 3.65. The summed E-state index contributed by atoms with van der Waals surface area (Å²) in [5, 5.41) is 6.85. The van der Waals surface area contributed by atoms with Gasteiger partial charge in [0, 0.05) is 6.54 Å². The Morgan fingerprint density at radius 1 is 1.50 bits per heavy atom. The number of hydrogen-bond acceptors (Lipinski definition) is 6. The number of aromatic amines is 1. The zero-order chi connectivity index (χ0) is 16.3. The van der Waals surface area contributed by atoms with Gasteiger partial charge < -0.3 is 14.4 Å². The van der Waals surface area contributed by atoms with E-state index in [1.807, 2.05) is 6.92 Å². The summed E-state index contributed by atoms with van der Waals surface area (Å²) in [4.78, 5) is 30.1. The summed E-state index contributed by atoms with van der Waals surface area (Å²) < 4.78 is 10.3. The molecule has 22 heavy (non-hydrogen) atoms. The lowest BCUT2D eigenvalue weighted by atomic mass is 9.87. The van der Waals surface area contributed by atoms with Crippen molar-refractivity contribution in [2.75, 3.05) is 26.8 Å². The minimum atomic E-state index is -0.816. The molecule has 8 heteroatoms. The molecule has 0 bridgehead atoms. The molecule has 1 saturated heterocycles.